The highest BCUT2D eigenvalue weighted by Gasteiger charge is 2.46. The number of hydrogen-bond donors (Lipinski definition) is 1. The monoisotopic (exact) mass is 504 g/mol. The van der Waals surface area contributed by atoms with E-state index in [0.29, 0.717) is 55.6 Å². The van der Waals surface area contributed by atoms with Crippen LogP contribution in [0.1, 0.15) is 36.3 Å². The number of ketones is 1. The molecule has 2 fully saturated rings. The SMILES string of the molecule is CCOc1ccc([C@H]2C(=C(O)c3c(C)nc4ccccn34)C(=O)C(=O)N2CCCN2CCOCC2)cc1. The molecule has 4 heterocycles. The number of benzene rings is 1. The molecule has 2 aliphatic heterocycles. The molecule has 3 aromatic rings. The van der Waals surface area contributed by atoms with Crippen LogP contribution in [0.5, 0.6) is 5.75 Å². The van der Waals surface area contributed by atoms with Crippen LogP contribution in [0.3, 0.4) is 0 Å². The quantitative estimate of drug-likeness (QED) is 0.286. The molecule has 2 aromatic heterocycles. The normalized spacial score (nSPS) is 20.2. The molecule has 9 nitrogen and oxygen atoms in total. The van der Waals surface area contributed by atoms with Crippen LogP contribution in [0, 0.1) is 6.92 Å². The van der Waals surface area contributed by atoms with Gasteiger partial charge in [-0.1, -0.05) is 18.2 Å². The minimum absolute atomic E-state index is 0.0780. The van der Waals surface area contributed by atoms with Crippen LogP contribution in [0.2, 0.25) is 0 Å². The molecule has 9 heteroatoms. The lowest BCUT2D eigenvalue weighted by molar-refractivity contribution is -0.140. The van der Waals surface area contributed by atoms with Crippen molar-refractivity contribution in [2.75, 3.05) is 46.0 Å². The van der Waals surface area contributed by atoms with Crippen LogP contribution in [0.15, 0.2) is 54.2 Å². The number of aromatic nitrogens is 2. The van der Waals surface area contributed by atoms with Gasteiger partial charge in [-0.25, -0.2) is 4.98 Å². The number of carbonyl (C=O) groups is 2. The minimum Gasteiger partial charge on any atom is -0.505 e. The van der Waals surface area contributed by atoms with Gasteiger partial charge in [-0.05, 0) is 50.1 Å². The third-order valence-electron chi connectivity index (χ3n) is 6.95. The summed E-state index contributed by atoms with van der Waals surface area (Å²) in [4.78, 5) is 35.2. The summed E-state index contributed by atoms with van der Waals surface area (Å²) in [5.74, 6) is -0.806. The first-order chi connectivity index (χ1) is 18.0. The van der Waals surface area contributed by atoms with Crippen molar-refractivity contribution in [3.63, 3.8) is 0 Å². The second-order valence-corrected chi connectivity index (χ2v) is 9.28. The van der Waals surface area contributed by atoms with E-state index >= 15 is 0 Å². The molecule has 37 heavy (non-hydrogen) atoms. The molecule has 1 amide bonds. The Hall–Kier alpha value is -3.69. The summed E-state index contributed by atoms with van der Waals surface area (Å²) in [6.07, 6.45) is 2.49. The van der Waals surface area contributed by atoms with Crippen molar-refractivity contribution in [1.82, 2.24) is 19.2 Å². The summed E-state index contributed by atoms with van der Waals surface area (Å²) >= 11 is 0. The number of fused-ring (bicyclic) bond motifs is 1. The number of carbonyl (C=O) groups excluding carboxylic acids is 2. The van der Waals surface area contributed by atoms with Crippen molar-refractivity contribution in [3.05, 3.63) is 71.2 Å². The number of imidazole rings is 1. The lowest BCUT2D eigenvalue weighted by Crippen LogP contribution is -2.38. The van der Waals surface area contributed by atoms with Gasteiger partial charge in [0.1, 0.15) is 17.1 Å². The molecular formula is C28H32N4O5. The summed E-state index contributed by atoms with van der Waals surface area (Å²) in [5.41, 5.74) is 2.46. The molecule has 1 atom stereocenters. The van der Waals surface area contributed by atoms with Crippen LogP contribution in [0.25, 0.3) is 11.4 Å². The van der Waals surface area contributed by atoms with E-state index in [4.69, 9.17) is 9.47 Å². The highest BCUT2D eigenvalue weighted by atomic mass is 16.5. The van der Waals surface area contributed by atoms with E-state index in [1.807, 2.05) is 49.4 Å². The predicted octanol–water partition coefficient (Wildman–Crippen LogP) is 3.19. The molecule has 0 aliphatic carbocycles. The lowest BCUT2D eigenvalue weighted by Gasteiger charge is -2.29. The lowest BCUT2D eigenvalue weighted by atomic mass is 9.96. The average Bonchev–Trinajstić information content (AvgIpc) is 3.38. The van der Waals surface area contributed by atoms with E-state index in [9.17, 15) is 14.7 Å². The van der Waals surface area contributed by atoms with Gasteiger partial charge in [0.2, 0.25) is 0 Å². The fraction of sp³-hybridized carbons (Fsp3) is 0.393. The Kier molecular flexibility index (Phi) is 7.25. The van der Waals surface area contributed by atoms with Gasteiger partial charge in [0.15, 0.2) is 5.76 Å². The van der Waals surface area contributed by atoms with Crippen LogP contribution < -0.4 is 4.74 Å². The molecule has 5 rings (SSSR count). The number of ether oxygens (including phenoxy) is 2. The maximum absolute atomic E-state index is 13.4. The Morgan fingerprint density at radius 2 is 1.86 bits per heavy atom. The first-order valence-corrected chi connectivity index (χ1v) is 12.7. The van der Waals surface area contributed by atoms with Crippen LogP contribution in [-0.2, 0) is 14.3 Å². The molecule has 2 saturated heterocycles. The van der Waals surface area contributed by atoms with Gasteiger partial charge in [0, 0.05) is 32.4 Å². The Labute approximate surface area is 215 Å². The van der Waals surface area contributed by atoms with Crippen molar-refractivity contribution in [2.24, 2.45) is 0 Å². The number of pyridine rings is 1. The highest BCUT2D eigenvalue weighted by molar-refractivity contribution is 6.46. The molecule has 0 saturated carbocycles. The number of morpholine rings is 1. The minimum atomic E-state index is -0.714. The molecule has 0 spiro atoms. The van der Waals surface area contributed by atoms with Gasteiger partial charge in [0.25, 0.3) is 11.7 Å². The standard InChI is InChI=1S/C28H32N4O5/c1-3-37-21-10-8-20(9-11-21)25-23(26(33)24-19(2)29-22-7-4-5-13-31(22)24)27(34)28(35)32(25)14-6-12-30-15-17-36-18-16-30/h4-5,7-11,13,25,33H,3,6,12,14-18H2,1-2H3/t25-/m0/s1. The summed E-state index contributed by atoms with van der Waals surface area (Å²) in [6.45, 7) is 8.54. The smallest absolute Gasteiger partial charge is 0.295 e. The highest BCUT2D eigenvalue weighted by Crippen LogP contribution is 2.40. The number of nitrogens with zero attached hydrogens (tertiary/aromatic N) is 4. The van der Waals surface area contributed by atoms with E-state index in [0.717, 1.165) is 25.2 Å². The second-order valence-electron chi connectivity index (χ2n) is 9.28. The first kappa shape index (κ1) is 25.0. The maximum Gasteiger partial charge on any atom is 0.295 e. The fourth-order valence-corrected chi connectivity index (χ4v) is 5.19. The first-order valence-electron chi connectivity index (χ1n) is 12.7. The van der Waals surface area contributed by atoms with E-state index in [2.05, 4.69) is 9.88 Å². The topological polar surface area (TPSA) is 96.6 Å². The zero-order chi connectivity index (χ0) is 25.9. The Morgan fingerprint density at radius 1 is 1.11 bits per heavy atom. The van der Waals surface area contributed by atoms with E-state index < -0.39 is 17.7 Å². The number of likely N-dealkylation sites (tertiary alicyclic amines) is 1. The zero-order valence-electron chi connectivity index (χ0n) is 21.2. The number of aliphatic hydroxyl groups excluding tert-OH is 1. The van der Waals surface area contributed by atoms with Gasteiger partial charge < -0.3 is 19.5 Å². The number of Topliss-reactive ketones (excluding diaryl/α,β-unsaturated/α-hetero) is 1. The van der Waals surface area contributed by atoms with Crippen molar-refractivity contribution in [3.8, 4) is 5.75 Å². The van der Waals surface area contributed by atoms with Crippen molar-refractivity contribution < 1.29 is 24.2 Å². The molecule has 1 N–H and O–H groups in total. The average molecular weight is 505 g/mol. The van der Waals surface area contributed by atoms with Gasteiger partial charge >= 0.3 is 0 Å². The number of rotatable bonds is 8. The van der Waals surface area contributed by atoms with E-state index in [1.165, 1.54) is 0 Å². The maximum atomic E-state index is 13.4. The van der Waals surface area contributed by atoms with Gasteiger partial charge in [-0.3, -0.25) is 18.9 Å². The Balaban J connectivity index is 1.54. The third-order valence-corrected chi connectivity index (χ3v) is 6.95. The summed E-state index contributed by atoms with van der Waals surface area (Å²) < 4.78 is 12.8. The molecule has 0 unspecified atom stereocenters. The molecule has 0 radical (unpaired) electrons. The molecule has 194 valence electrons. The van der Waals surface area contributed by atoms with E-state index in [1.54, 1.807) is 22.4 Å². The van der Waals surface area contributed by atoms with Crippen LogP contribution >= 0.6 is 0 Å². The molecule has 2 aliphatic rings. The van der Waals surface area contributed by atoms with Gasteiger partial charge in [0.05, 0.1) is 37.1 Å². The number of amides is 1. The van der Waals surface area contributed by atoms with Crippen molar-refractivity contribution >= 4 is 23.1 Å². The second kappa shape index (κ2) is 10.7. The summed E-state index contributed by atoms with van der Waals surface area (Å²) in [6, 6.07) is 12.2. The predicted molar refractivity (Wildman–Crippen MR) is 138 cm³/mol. The van der Waals surface area contributed by atoms with Gasteiger partial charge in [-0.15, -0.1) is 0 Å². The molecular weight excluding hydrogens is 472 g/mol. The van der Waals surface area contributed by atoms with Gasteiger partial charge in [-0.2, -0.15) is 0 Å². The summed E-state index contributed by atoms with van der Waals surface area (Å²) in [7, 11) is 0. The van der Waals surface area contributed by atoms with Crippen LogP contribution in [0.4, 0.5) is 0 Å². The molecule has 0 bridgehead atoms. The van der Waals surface area contributed by atoms with Crippen molar-refractivity contribution in [1.29, 1.82) is 0 Å². The molecule has 1 aromatic carbocycles. The fourth-order valence-electron chi connectivity index (χ4n) is 5.19. The Bertz CT molecular complexity index is 1320. The number of aliphatic hydroxyl groups is 1. The van der Waals surface area contributed by atoms with E-state index in [-0.39, 0.29) is 11.3 Å². The zero-order valence-corrected chi connectivity index (χ0v) is 21.2. The van der Waals surface area contributed by atoms with Crippen molar-refractivity contribution in [2.45, 2.75) is 26.3 Å². The summed E-state index contributed by atoms with van der Waals surface area (Å²) in [5, 5.41) is 11.6. The number of aryl methyl sites for hydroxylation is 1. The van der Waals surface area contributed by atoms with Crippen LogP contribution in [-0.4, -0.2) is 82.0 Å². The Morgan fingerprint density at radius 3 is 2.59 bits per heavy atom. The third kappa shape index (κ3) is 4.84. The largest absolute Gasteiger partial charge is 0.505 e. The number of hydrogen-bond acceptors (Lipinski definition) is 7.